The molecule has 0 aromatic heterocycles. The molecular formula is C113H160N8O13. The molecule has 4 heterocycles. The molecule has 5 atom stereocenters. The molecule has 0 spiro atoms. The van der Waals surface area contributed by atoms with Crippen LogP contribution in [0.3, 0.4) is 0 Å². The highest BCUT2D eigenvalue weighted by molar-refractivity contribution is 5.90. The zero-order valence-corrected chi connectivity index (χ0v) is 84.6. The summed E-state index contributed by atoms with van der Waals surface area (Å²) in [6, 6.07) is 35.0. The lowest BCUT2D eigenvalue weighted by Gasteiger charge is -2.46. The minimum Gasteiger partial charge on any atom is -0.444 e. The van der Waals surface area contributed by atoms with Crippen molar-refractivity contribution >= 4 is 70.3 Å². The van der Waals surface area contributed by atoms with Crippen molar-refractivity contribution in [3.05, 3.63) is 164 Å². The van der Waals surface area contributed by atoms with Gasteiger partial charge in [-0.25, -0.2) is 19.2 Å². The molecule has 5 fully saturated rings. The predicted octanol–water partition coefficient (Wildman–Crippen LogP) is 21.6. The van der Waals surface area contributed by atoms with E-state index in [1.54, 1.807) is 41.0 Å². The maximum Gasteiger partial charge on any atom is 0.410 e. The van der Waals surface area contributed by atoms with E-state index in [2.05, 4.69) is 145 Å². The first-order valence-electron chi connectivity index (χ1n) is 51.4. The van der Waals surface area contributed by atoms with Gasteiger partial charge in [-0.15, -0.1) is 0 Å². The fraction of sp³-hybridized carbons (Fsp3) is 0.646. The molecule has 17 rings (SSSR count). The summed E-state index contributed by atoms with van der Waals surface area (Å²) < 4.78 is 21.8. The summed E-state index contributed by atoms with van der Waals surface area (Å²) in [5, 5.41) is 12.2. The van der Waals surface area contributed by atoms with Crippen molar-refractivity contribution in [3.8, 4) is 0 Å². The van der Waals surface area contributed by atoms with Gasteiger partial charge in [-0.05, 0) is 381 Å². The topological polar surface area (TPSA) is 228 Å². The van der Waals surface area contributed by atoms with Crippen molar-refractivity contribution in [1.82, 2.24) is 39.6 Å². The van der Waals surface area contributed by atoms with Crippen molar-refractivity contribution < 1.29 is 62.4 Å². The molecule has 4 aromatic carbocycles. The highest BCUT2D eigenvalue weighted by Crippen LogP contribution is 2.53. The fourth-order valence-electron chi connectivity index (χ4n) is 24.1. The summed E-state index contributed by atoms with van der Waals surface area (Å²) in [4.78, 5) is 118. The molecule has 0 bridgehead atoms. The summed E-state index contributed by atoms with van der Waals surface area (Å²) in [6.07, 6.45) is 25.2. The Morgan fingerprint density at radius 3 is 1.04 bits per heavy atom. The first-order valence-corrected chi connectivity index (χ1v) is 51.4. The third-order valence-electron chi connectivity index (χ3n) is 30.5. The fourth-order valence-corrected chi connectivity index (χ4v) is 24.1. The molecule has 9 aliphatic carbocycles. The molecule has 21 nitrogen and oxygen atoms in total. The van der Waals surface area contributed by atoms with Crippen LogP contribution in [0.2, 0.25) is 0 Å². The molecule has 134 heavy (non-hydrogen) atoms. The van der Waals surface area contributed by atoms with Crippen molar-refractivity contribution in [1.29, 1.82) is 0 Å². The zero-order valence-electron chi connectivity index (χ0n) is 84.6. The van der Waals surface area contributed by atoms with Gasteiger partial charge in [0.15, 0.2) is 0 Å². The van der Waals surface area contributed by atoms with Crippen molar-refractivity contribution in [2.45, 2.75) is 337 Å². The number of aliphatic hydroxyl groups excluding tert-OH is 1. The van der Waals surface area contributed by atoms with E-state index in [-0.39, 0.29) is 67.1 Å². The van der Waals surface area contributed by atoms with Gasteiger partial charge in [0.25, 0.3) is 0 Å². The predicted molar refractivity (Wildman–Crippen MR) is 531 cm³/mol. The Morgan fingerprint density at radius 1 is 0.396 bits per heavy atom. The Bertz CT molecular complexity index is 4860. The molecule has 2 N–H and O–H groups in total. The monoisotopic (exact) mass is 1840 g/mol. The number of aliphatic hydroxyl groups is 1. The summed E-state index contributed by atoms with van der Waals surface area (Å²) in [7, 11) is 5.47. The summed E-state index contributed by atoms with van der Waals surface area (Å²) in [5.74, 6) is 4.79. The van der Waals surface area contributed by atoms with Crippen LogP contribution in [0.15, 0.2) is 119 Å². The van der Waals surface area contributed by atoms with Gasteiger partial charge in [0, 0.05) is 91.3 Å². The Hall–Kier alpha value is -9.24. The van der Waals surface area contributed by atoms with E-state index in [0.717, 1.165) is 154 Å². The second-order valence-electron chi connectivity index (χ2n) is 46.2. The molecule has 13 aliphatic rings. The van der Waals surface area contributed by atoms with Crippen LogP contribution in [0.25, 0.3) is 22.3 Å². The number of nitrogens with one attached hydrogen (secondary N) is 1. The van der Waals surface area contributed by atoms with E-state index in [4.69, 9.17) is 18.9 Å². The van der Waals surface area contributed by atoms with E-state index in [9.17, 15) is 43.5 Å². The first kappa shape index (κ1) is 101. The minimum atomic E-state index is -0.805. The van der Waals surface area contributed by atoms with Crippen LogP contribution < -0.4 is 5.32 Å². The van der Waals surface area contributed by atoms with Crippen LogP contribution in [0, 0.1) is 59.2 Å². The van der Waals surface area contributed by atoms with Gasteiger partial charge in [-0.2, -0.15) is 0 Å². The second kappa shape index (κ2) is 42.8. The quantitative estimate of drug-likeness (QED) is 0.0885. The number of hydrogen-bond donors (Lipinski definition) is 2. The standard InChI is InChI=1S/C30H42N2O3.C29H40N2O3.C29H42N2O3.C25H36N2O4/c1-30(2,3)35-29(34)31(4)19-20-12-14-22(15-13-20)28(33)32-17-16-25-24-11-6-5-8-23(24)18-26(25)27(32)21-9-7-10-21;1-29(2,3)34-28(33)30(4)18-19-9-11-21(12-10-19)27(32)31-16-15-24-23-8-6-5-7-22(23)17-25(24)26(31)20-13-14-20;1-19(2)26-25-17-22-9-7-8-10-23(22)24(25)15-16-31(26)27(32)21-13-11-20(12-14-21)18-30(6)28(33)34-29(3,4)5;1-16(2)14-22-20-15-17-8-6-7-9-18(17)19(20)10-12-27(22)23(29)21(11-13-28)26-24(30)31-25(3,4)5/h5-6,8,11,20-22,27H,7,9-10,12-19H2,1-4H3;5-8,19-21,26H,9-18H2,1-4H3;7-10,19-21,26H,11-18H2,1-6H3;6-9,16,21-22,28H,10-15H2,1-5H3,(H,26,30)/t;;;21-,22?/m...1/s1. The van der Waals surface area contributed by atoms with Crippen molar-refractivity contribution in [3.63, 3.8) is 0 Å². The SMILES string of the molecule is CC(C)C1C2=C(CCN1C(=O)C1CCC(CN(C)C(=O)OC(C)(C)C)CC1)c1ccccc1C2.CC(C)CC1C2=C(CCN1C(=O)[C@@H](CCO)NC(=O)OC(C)(C)C)c1ccccc1C2.CN(CC1CCC(C(=O)N2CCC3=C(Cc4ccccc43)C2C2CC2)CC1)C(=O)OC(C)(C)C.CN(CC1CCC(C(=O)N2CCC3=C(Cc4ccccc43)C2C2CCC2)CC1)C(=O)OC(C)(C)C. The van der Waals surface area contributed by atoms with Gasteiger partial charge in [0.05, 0.1) is 24.2 Å². The molecule has 4 unspecified atom stereocenters. The number of benzene rings is 4. The van der Waals surface area contributed by atoms with Crippen LogP contribution in [0.1, 0.15) is 303 Å². The highest BCUT2D eigenvalue weighted by Gasteiger charge is 2.50. The van der Waals surface area contributed by atoms with Gasteiger partial charge in [0.1, 0.15) is 28.4 Å². The molecule has 8 amide bonds. The Labute approximate surface area is 801 Å². The maximum absolute atomic E-state index is 13.9. The number of ether oxygens (including phenoxy) is 4. The average molecular weight is 1840 g/mol. The number of hydrogen-bond acceptors (Lipinski definition) is 13. The Kier molecular flexibility index (Phi) is 32.2. The number of carbonyl (C=O) groups is 8. The lowest BCUT2D eigenvalue weighted by Crippen LogP contribution is -2.54. The van der Waals surface area contributed by atoms with Gasteiger partial charge >= 0.3 is 24.4 Å². The lowest BCUT2D eigenvalue weighted by molar-refractivity contribution is -0.141. The third kappa shape index (κ3) is 24.5. The number of alkyl carbamates (subject to hydrolysis) is 1. The number of fused-ring (bicyclic) bond motifs is 8. The number of amides is 8. The van der Waals surface area contributed by atoms with E-state index in [0.29, 0.717) is 97.4 Å². The summed E-state index contributed by atoms with van der Waals surface area (Å²) >= 11 is 0. The van der Waals surface area contributed by atoms with Crippen LogP contribution in [0.5, 0.6) is 0 Å². The average Bonchev–Trinajstić information content (AvgIpc) is 1.59. The molecular weight excluding hydrogens is 1680 g/mol. The Morgan fingerprint density at radius 2 is 0.709 bits per heavy atom. The van der Waals surface area contributed by atoms with E-state index in [1.807, 2.05) is 88.4 Å². The van der Waals surface area contributed by atoms with Gasteiger partial charge in [-0.1, -0.05) is 131 Å². The van der Waals surface area contributed by atoms with Crippen LogP contribution in [-0.4, -0.2) is 214 Å². The van der Waals surface area contributed by atoms with Crippen LogP contribution >= 0.6 is 0 Å². The number of nitrogens with zero attached hydrogens (tertiary/aromatic N) is 7. The maximum atomic E-state index is 13.9. The zero-order chi connectivity index (χ0) is 96.2. The molecule has 4 aliphatic heterocycles. The van der Waals surface area contributed by atoms with Crippen molar-refractivity contribution in [2.75, 3.05) is 73.6 Å². The summed E-state index contributed by atoms with van der Waals surface area (Å²) in [5.41, 5.74) is 21.0. The highest BCUT2D eigenvalue weighted by atomic mass is 16.6. The third-order valence-corrected chi connectivity index (χ3v) is 30.5. The lowest BCUT2D eigenvalue weighted by atomic mass is 9.73. The molecule has 4 aromatic rings. The van der Waals surface area contributed by atoms with E-state index < -0.39 is 34.5 Å². The molecule has 0 saturated heterocycles. The molecule has 5 saturated carbocycles. The smallest absolute Gasteiger partial charge is 0.410 e. The molecule has 0 radical (unpaired) electrons. The number of rotatable bonds is 18. The molecule has 21 heteroatoms. The first-order chi connectivity index (χ1) is 63.6. The van der Waals surface area contributed by atoms with Gasteiger partial charge in [0.2, 0.25) is 23.6 Å². The van der Waals surface area contributed by atoms with Crippen LogP contribution in [-0.2, 0) is 63.8 Å². The number of carbonyl (C=O) groups excluding carboxylic acids is 8. The Balaban J connectivity index is 0.000000144. The largest absolute Gasteiger partial charge is 0.444 e. The van der Waals surface area contributed by atoms with Gasteiger partial charge in [-0.3, -0.25) is 19.2 Å². The van der Waals surface area contributed by atoms with E-state index >= 15 is 0 Å². The van der Waals surface area contributed by atoms with Crippen LogP contribution in [0.4, 0.5) is 19.2 Å². The second-order valence-corrected chi connectivity index (χ2v) is 46.2. The normalized spacial score (nSPS) is 24.4. The molecule has 730 valence electrons. The van der Waals surface area contributed by atoms with E-state index in [1.165, 1.54) is 116 Å². The summed E-state index contributed by atoms with van der Waals surface area (Å²) in [6.45, 7) is 36.4. The minimum absolute atomic E-state index is 0.00489. The van der Waals surface area contributed by atoms with Gasteiger partial charge < -0.3 is 63.7 Å². The van der Waals surface area contributed by atoms with Crippen molar-refractivity contribution in [2.24, 2.45) is 59.2 Å².